The standard InChI is InChI=1S/C14H25BIN2O2P/c1-7-10(8-2)11-9-12(18(17-11)21-16)15-19-13(3,4)14(5,6)20-15/h9-10,21H,7-8H2,1-6H3. The fourth-order valence-electron chi connectivity index (χ4n) is 2.52. The van der Waals surface area contributed by atoms with Crippen molar-refractivity contribution in [1.29, 1.82) is 0 Å². The Labute approximate surface area is 143 Å². The van der Waals surface area contributed by atoms with Crippen LogP contribution in [0.2, 0.25) is 0 Å². The molecule has 1 fully saturated rings. The second kappa shape index (κ2) is 6.46. The van der Waals surface area contributed by atoms with Crippen LogP contribution in [-0.4, -0.2) is 27.9 Å². The van der Waals surface area contributed by atoms with Gasteiger partial charge in [0.1, 0.15) is 0 Å². The van der Waals surface area contributed by atoms with Gasteiger partial charge in [-0.05, 0) is 68.6 Å². The molecule has 0 aromatic carbocycles. The van der Waals surface area contributed by atoms with Crippen molar-refractivity contribution in [2.75, 3.05) is 0 Å². The van der Waals surface area contributed by atoms with E-state index in [1.165, 1.54) is 0 Å². The molecule has 2 heterocycles. The summed E-state index contributed by atoms with van der Waals surface area (Å²) >= 11 is 2.36. The summed E-state index contributed by atoms with van der Waals surface area (Å²) in [7, 11) is -0.326. The lowest BCUT2D eigenvalue weighted by atomic mass is 9.84. The van der Waals surface area contributed by atoms with Crippen LogP contribution in [0.25, 0.3) is 0 Å². The van der Waals surface area contributed by atoms with Gasteiger partial charge in [-0.15, -0.1) is 0 Å². The van der Waals surface area contributed by atoms with Crippen molar-refractivity contribution in [1.82, 2.24) is 9.55 Å². The summed E-state index contributed by atoms with van der Waals surface area (Å²) in [6, 6.07) is 2.17. The van der Waals surface area contributed by atoms with Crippen LogP contribution in [-0.2, 0) is 9.31 Å². The maximum atomic E-state index is 6.17. The molecule has 1 aliphatic rings. The van der Waals surface area contributed by atoms with E-state index in [0.717, 1.165) is 24.1 Å². The Kier molecular flexibility index (Phi) is 5.45. The number of halogens is 1. The molecule has 0 N–H and O–H groups in total. The van der Waals surface area contributed by atoms with E-state index in [-0.39, 0.29) is 18.3 Å². The summed E-state index contributed by atoms with van der Waals surface area (Å²) < 4.78 is 14.4. The van der Waals surface area contributed by atoms with Crippen LogP contribution in [0, 0.1) is 0 Å². The Morgan fingerprint density at radius 2 is 1.76 bits per heavy atom. The van der Waals surface area contributed by atoms with Crippen molar-refractivity contribution in [3.8, 4) is 0 Å². The molecule has 0 spiro atoms. The van der Waals surface area contributed by atoms with Crippen molar-refractivity contribution in [3.63, 3.8) is 0 Å². The Balaban J connectivity index is 2.32. The average Bonchev–Trinajstić information content (AvgIpc) is 2.91. The highest BCUT2D eigenvalue weighted by molar-refractivity contribution is 14.2. The second-order valence-corrected chi connectivity index (χ2v) is 8.63. The number of aromatic nitrogens is 2. The number of rotatable bonds is 5. The summed E-state index contributed by atoms with van der Waals surface area (Å²) in [4.78, 5) is 0. The van der Waals surface area contributed by atoms with Gasteiger partial charge in [0.2, 0.25) is 0 Å². The third-order valence-electron chi connectivity index (χ3n) is 4.73. The molecule has 1 aromatic heterocycles. The van der Waals surface area contributed by atoms with Gasteiger partial charge >= 0.3 is 7.12 Å². The number of nitrogens with zero attached hydrogens (tertiary/aromatic N) is 2. The van der Waals surface area contributed by atoms with E-state index in [2.05, 4.69) is 69.6 Å². The van der Waals surface area contributed by atoms with Crippen LogP contribution in [0.5, 0.6) is 0 Å². The van der Waals surface area contributed by atoms with Crippen LogP contribution in [0.4, 0.5) is 0 Å². The van der Waals surface area contributed by atoms with E-state index in [4.69, 9.17) is 14.4 Å². The molecule has 0 radical (unpaired) electrons. The Morgan fingerprint density at radius 3 is 2.19 bits per heavy atom. The van der Waals surface area contributed by atoms with Gasteiger partial charge in [-0.3, -0.25) is 0 Å². The van der Waals surface area contributed by atoms with Gasteiger partial charge in [0, 0.05) is 5.92 Å². The Bertz CT molecular complexity index is 487. The van der Waals surface area contributed by atoms with Gasteiger partial charge in [0.15, 0.2) is 0 Å². The molecule has 21 heavy (non-hydrogen) atoms. The zero-order valence-corrected chi connectivity index (χ0v) is 16.9. The SMILES string of the molecule is CCC(CC)c1cc(B2OC(C)(C)C(C)(C)O2)n(PI)n1. The minimum absolute atomic E-state index is 0.309. The molecule has 0 amide bonds. The summed E-state index contributed by atoms with van der Waals surface area (Å²) in [6.07, 6.45) is 2.77. The highest BCUT2D eigenvalue weighted by atomic mass is 127. The topological polar surface area (TPSA) is 36.3 Å². The maximum Gasteiger partial charge on any atom is 0.514 e. The monoisotopic (exact) mass is 422 g/mol. The summed E-state index contributed by atoms with van der Waals surface area (Å²) in [6.45, 7) is 12.8. The van der Waals surface area contributed by atoms with Crippen molar-refractivity contribution in [3.05, 3.63) is 11.8 Å². The van der Waals surface area contributed by atoms with Gasteiger partial charge in [0.25, 0.3) is 0 Å². The predicted molar refractivity (Wildman–Crippen MR) is 99.0 cm³/mol. The van der Waals surface area contributed by atoms with Crippen LogP contribution in [0.3, 0.4) is 0 Å². The molecule has 118 valence electrons. The molecule has 1 unspecified atom stereocenters. The molecular weight excluding hydrogens is 397 g/mol. The first kappa shape index (κ1) is 17.7. The van der Waals surface area contributed by atoms with Crippen LogP contribution in [0.1, 0.15) is 66.0 Å². The molecule has 1 aliphatic heterocycles. The first-order valence-electron chi connectivity index (χ1n) is 7.57. The van der Waals surface area contributed by atoms with Crippen molar-refractivity contribution in [2.24, 2.45) is 0 Å². The summed E-state index contributed by atoms with van der Waals surface area (Å²) in [5.41, 5.74) is 1.59. The third-order valence-corrected chi connectivity index (χ3v) is 6.62. The van der Waals surface area contributed by atoms with E-state index in [1.54, 1.807) is 0 Å². The highest BCUT2D eigenvalue weighted by Gasteiger charge is 2.53. The van der Waals surface area contributed by atoms with Crippen LogP contribution < -0.4 is 5.59 Å². The van der Waals surface area contributed by atoms with Crippen LogP contribution in [0.15, 0.2) is 6.07 Å². The third kappa shape index (κ3) is 3.33. The van der Waals surface area contributed by atoms with Gasteiger partial charge < -0.3 is 9.31 Å². The van der Waals surface area contributed by atoms with Crippen molar-refractivity contribution in [2.45, 2.75) is 71.5 Å². The van der Waals surface area contributed by atoms with Crippen molar-refractivity contribution < 1.29 is 9.31 Å². The number of hydrogen-bond acceptors (Lipinski definition) is 3. The maximum absolute atomic E-state index is 6.17. The van der Waals surface area contributed by atoms with Gasteiger partial charge in [0.05, 0.1) is 28.9 Å². The largest absolute Gasteiger partial charge is 0.514 e. The smallest absolute Gasteiger partial charge is 0.398 e. The highest BCUT2D eigenvalue weighted by Crippen LogP contribution is 2.37. The molecular formula is C14H25BIN2O2P. The van der Waals surface area contributed by atoms with Gasteiger partial charge in [-0.2, -0.15) is 5.10 Å². The van der Waals surface area contributed by atoms with E-state index < -0.39 is 0 Å². The molecule has 4 nitrogen and oxygen atoms in total. The molecule has 0 saturated carbocycles. The normalized spacial score (nSPS) is 21.0. The Hall–Kier alpha value is 0.355. The molecule has 1 saturated heterocycles. The minimum Gasteiger partial charge on any atom is -0.398 e. The minimum atomic E-state index is -0.326. The molecule has 2 rings (SSSR count). The molecule has 7 heteroatoms. The lowest BCUT2D eigenvalue weighted by Gasteiger charge is -2.32. The second-order valence-electron chi connectivity index (χ2n) is 6.59. The Morgan fingerprint density at radius 1 is 1.24 bits per heavy atom. The quantitative estimate of drug-likeness (QED) is 0.411. The molecule has 0 bridgehead atoms. The molecule has 1 atom stereocenters. The predicted octanol–water partition coefficient (Wildman–Crippen LogP) is 3.88. The van der Waals surface area contributed by atoms with E-state index in [1.807, 2.05) is 4.45 Å². The first-order valence-corrected chi connectivity index (χ1v) is 11.6. The van der Waals surface area contributed by atoms with Crippen molar-refractivity contribution >= 4 is 41.1 Å². The number of hydrogen-bond donors (Lipinski definition) is 0. The fraction of sp³-hybridized carbons (Fsp3) is 0.786. The summed E-state index contributed by atoms with van der Waals surface area (Å²) in [5.74, 6) is 0.514. The molecule has 0 aliphatic carbocycles. The van der Waals surface area contributed by atoms with Crippen LogP contribution >= 0.6 is 28.4 Å². The van der Waals surface area contributed by atoms with E-state index >= 15 is 0 Å². The lowest BCUT2D eigenvalue weighted by Crippen LogP contribution is -2.41. The average molecular weight is 422 g/mol. The zero-order chi connectivity index (χ0) is 15.8. The zero-order valence-electron chi connectivity index (χ0n) is 13.7. The van der Waals surface area contributed by atoms with E-state index in [0.29, 0.717) is 12.3 Å². The lowest BCUT2D eigenvalue weighted by molar-refractivity contribution is 0.00578. The van der Waals surface area contributed by atoms with Gasteiger partial charge in [-0.1, -0.05) is 13.8 Å². The fourth-order valence-corrected chi connectivity index (χ4v) is 4.10. The van der Waals surface area contributed by atoms with E-state index in [9.17, 15) is 0 Å². The first-order chi connectivity index (χ1) is 9.75. The summed E-state index contributed by atoms with van der Waals surface area (Å²) in [5, 5.41) is 4.77. The van der Waals surface area contributed by atoms with Gasteiger partial charge in [-0.25, -0.2) is 4.45 Å². The molecule has 1 aromatic rings.